The van der Waals surface area contributed by atoms with E-state index in [2.05, 4.69) is 14.9 Å². The summed E-state index contributed by atoms with van der Waals surface area (Å²) in [5, 5.41) is 14.8. The molecule has 1 saturated carbocycles. The molecule has 0 amide bonds. The average Bonchev–Trinajstić information content (AvgIpc) is 3.27. The third-order valence-electron chi connectivity index (χ3n) is 9.91. The van der Waals surface area contributed by atoms with E-state index in [1.54, 1.807) is 16.2 Å². The van der Waals surface area contributed by atoms with Crippen LogP contribution in [0.2, 0.25) is 0 Å². The molecular weight excluding hydrogens is 626 g/mol. The number of aryl methyl sites for hydroxylation is 4. The Balaban J connectivity index is 0.000000262. The largest absolute Gasteiger partial charge is 0.473 e. The number of alkyl halides is 1. The minimum absolute atomic E-state index is 0.0191. The van der Waals surface area contributed by atoms with Crippen LogP contribution in [0.5, 0.6) is 0 Å². The fraction of sp³-hybridized carbons (Fsp3) is 0.706. The Hall–Kier alpha value is -3.09. The molecule has 0 spiro atoms. The van der Waals surface area contributed by atoms with Crippen LogP contribution in [-0.2, 0) is 41.3 Å². The lowest BCUT2D eigenvalue weighted by Gasteiger charge is -2.39. The Morgan fingerprint density at radius 1 is 0.787 bits per heavy atom. The molecule has 2 atom stereocenters. The maximum atomic E-state index is 12.6. The maximum Gasteiger partial charge on any atom is 0.414 e. The molecule has 4 heterocycles. The topological polar surface area (TPSA) is 157 Å². The van der Waals surface area contributed by atoms with Gasteiger partial charge in [-0.25, -0.2) is 19.6 Å². The van der Waals surface area contributed by atoms with E-state index in [4.69, 9.17) is 36.1 Å². The van der Waals surface area contributed by atoms with Gasteiger partial charge in [0.25, 0.3) is 11.1 Å². The van der Waals surface area contributed by atoms with Crippen LogP contribution < -0.4 is 11.1 Å². The second-order valence-electron chi connectivity index (χ2n) is 13.0. The monoisotopic (exact) mass is 677 g/mol. The molecule has 2 bridgehead atoms. The standard InChI is InChI=1S/C23H37N3O2.C9H13ClN2O.C2H2O4/c1-16-22(23(27)25(3)17(2)24-16)11-12-26-19-9-10-20(26)14-21(13-19)28-15-18-7-5-4-6-8-18;1-6-8(4-5-10)9(13)12(3)7(2)11-6;3-1(4)2(5)6/h18-21H,4-15H2,1-3H3;4-5H2,1-3H3;(H,3,4)(H,5,6). The summed E-state index contributed by atoms with van der Waals surface area (Å²) in [6.45, 7) is 9.50. The highest BCUT2D eigenvalue weighted by atomic mass is 35.5. The van der Waals surface area contributed by atoms with Crippen LogP contribution in [0.15, 0.2) is 9.59 Å². The van der Waals surface area contributed by atoms with Gasteiger partial charge in [0.2, 0.25) is 0 Å². The number of ether oxygens (including phenoxy) is 1. The van der Waals surface area contributed by atoms with Gasteiger partial charge in [-0.2, -0.15) is 0 Å². The summed E-state index contributed by atoms with van der Waals surface area (Å²) in [5.41, 5.74) is 3.46. The molecule has 3 aliphatic rings. The van der Waals surface area contributed by atoms with Gasteiger partial charge in [0.15, 0.2) is 0 Å². The summed E-state index contributed by atoms with van der Waals surface area (Å²) in [5.74, 6) is -0.855. The first-order valence-corrected chi connectivity index (χ1v) is 17.2. The molecule has 1 aliphatic carbocycles. The third kappa shape index (κ3) is 10.4. The molecule has 0 radical (unpaired) electrons. The lowest BCUT2D eigenvalue weighted by atomic mass is 9.90. The van der Waals surface area contributed by atoms with Crippen molar-refractivity contribution in [3.63, 3.8) is 0 Å². The molecule has 262 valence electrons. The number of halogens is 1. The van der Waals surface area contributed by atoms with Crippen molar-refractivity contribution < 1.29 is 24.5 Å². The van der Waals surface area contributed by atoms with E-state index in [0.717, 1.165) is 59.7 Å². The Morgan fingerprint density at radius 3 is 1.70 bits per heavy atom. The maximum absolute atomic E-state index is 12.6. The zero-order valence-corrected chi connectivity index (χ0v) is 29.5. The average molecular weight is 678 g/mol. The molecule has 0 aromatic carbocycles. The van der Waals surface area contributed by atoms with E-state index in [9.17, 15) is 9.59 Å². The van der Waals surface area contributed by atoms with E-state index in [0.29, 0.717) is 30.5 Å². The number of aliphatic carboxylic acids is 2. The van der Waals surface area contributed by atoms with Gasteiger partial charge in [-0.05, 0) is 85.0 Å². The van der Waals surface area contributed by atoms with E-state index in [1.807, 2.05) is 34.7 Å². The number of rotatable bonds is 8. The van der Waals surface area contributed by atoms with Gasteiger partial charge in [-0.1, -0.05) is 19.3 Å². The number of nitrogens with zero attached hydrogens (tertiary/aromatic N) is 5. The van der Waals surface area contributed by atoms with E-state index in [-0.39, 0.29) is 11.1 Å². The number of carboxylic acids is 2. The van der Waals surface area contributed by atoms with Crippen molar-refractivity contribution in [1.82, 2.24) is 24.0 Å². The van der Waals surface area contributed by atoms with Crippen LogP contribution in [0.25, 0.3) is 0 Å². The summed E-state index contributed by atoms with van der Waals surface area (Å²) >= 11 is 5.60. The summed E-state index contributed by atoms with van der Waals surface area (Å²) in [4.78, 5) is 54.0. The number of hydrogen-bond acceptors (Lipinski definition) is 8. The van der Waals surface area contributed by atoms with Crippen molar-refractivity contribution >= 4 is 23.5 Å². The minimum Gasteiger partial charge on any atom is -0.473 e. The smallest absolute Gasteiger partial charge is 0.414 e. The van der Waals surface area contributed by atoms with Crippen molar-refractivity contribution in [3.05, 3.63) is 54.9 Å². The van der Waals surface area contributed by atoms with Crippen LogP contribution in [0.1, 0.15) is 92.0 Å². The van der Waals surface area contributed by atoms with Crippen LogP contribution in [0.3, 0.4) is 0 Å². The fourth-order valence-corrected chi connectivity index (χ4v) is 7.23. The van der Waals surface area contributed by atoms with Crippen molar-refractivity contribution in [2.75, 3.05) is 19.0 Å². The second kappa shape index (κ2) is 17.9. The van der Waals surface area contributed by atoms with Gasteiger partial charge < -0.3 is 14.9 Å². The Kier molecular flexibility index (Phi) is 14.6. The van der Waals surface area contributed by atoms with Crippen LogP contribution >= 0.6 is 11.6 Å². The number of carbonyl (C=O) groups is 2. The molecule has 2 N–H and O–H groups in total. The molecule has 2 saturated heterocycles. The number of aromatic nitrogens is 4. The van der Waals surface area contributed by atoms with Crippen molar-refractivity contribution in [2.24, 2.45) is 20.0 Å². The first-order valence-electron chi connectivity index (χ1n) is 16.7. The molecule has 2 aromatic heterocycles. The molecule has 13 heteroatoms. The molecule has 3 fully saturated rings. The van der Waals surface area contributed by atoms with Crippen LogP contribution in [-0.4, -0.2) is 83.4 Å². The number of piperidine rings is 1. The molecule has 2 unspecified atom stereocenters. The van der Waals surface area contributed by atoms with Crippen molar-refractivity contribution in [2.45, 2.75) is 117 Å². The predicted molar refractivity (Wildman–Crippen MR) is 180 cm³/mol. The normalized spacial score (nSPS) is 21.0. The molecule has 47 heavy (non-hydrogen) atoms. The van der Waals surface area contributed by atoms with Gasteiger partial charge >= 0.3 is 11.9 Å². The van der Waals surface area contributed by atoms with Gasteiger partial charge in [-0.3, -0.25) is 23.6 Å². The summed E-state index contributed by atoms with van der Waals surface area (Å²) < 4.78 is 9.62. The summed E-state index contributed by atoms with van der Waals surface area (Å²) in [6, 6.07) is 1.27. The van der Waals surface area contributed by atoms with Crippen LogP contribution in [0.4, 0.5) is 0 Å². The fourth-order valence-electron chi connectivity index (χ4n) is 7.04. The van der Waals surface area contributed by atoms with E-state index in [1.165, 1.54) is 57.8 Å². The van der Waals surface area contributed by atoms with E-state index >= 15 is 0 Å². The molecular formula is C34H52ClN5O7. The van der Waals surface area contributed by atoms with Gasteiger partial charge in [0, 0.05) is 67.7 Å². The second-order valence-corrected chi connectivity index (χ2v) is 13.4. The highest BCUT2D eigenvalue weighted by Crippen LogP contribution is 2.37. The Morgan fingerprint density at radius 2 is 1.26 bits per heavy atom. The molecule has 2 aromatic rings. The molecule has 2 aliphatic heterocycles. The lowest BCUT2D eigenvalue weighted by Crippen LogP contribution is -2.47. The highest BCUT2D eigenvalue weighted by Gasteiger charge is 2.41. The number of hydrogen-bond donors (Lipinski definition) is 2. The highest BCUT2D eigenvalue weighted by molar-refractivity contribution is 6.27. The van der Waals surface area contributed by atoms with Gasteiger partial charge in [0.05, 0.1) is 6.10 Å². The summed E-state index contributed by atoms with van der Waals surface area (Å²) in [7, 11) is 3.55. The summed E-state index contributed by atoms with van der Waals surface area (Å²) in [6.07, 6.45) is 13.7. The molecule has 12 nitrogen and oxygen atoms in total. The third-order valence-corrected chi connectivity index (χ3v) is 10.1. The zero-order chi connectivity index (χ0) is 34.8. The minimum atomic E-state index is -1.82. The lowest BCUT2D eigenvalue weighted by molar-refractivity contribution is -0.159. The number of carboxylic acid groups (broad SMARTS) is 2. The van der Waals surface area contributed by atoms with Crippen molar-refractivity contribution in [1.29, 1.82) is 0 Å². The Labute approximate surface area is 282 Å². The first-order chi connectivity index (χ1) is 22.2. The Bertz CT molecular complexity index is 1480. The number of fused-ring (bicyclic) bond motifs is 2. The quantitative estimate of drug-likeness (QED) is 0.311. The first kappa shape index (κ1) is 38.4. The van der Waals surface area contributed by atoms with Crippen LogP contribution in [0, 0.1) is 33.6 Å². The van der Waals surface area contributed by atoms with Gasteiger partial charge in [0.1, 0.15) is 11.6 Å². The molecule has 5 rings (SSSR count). The van der Waals surface area contributed by atoms with Crippen molar-refractivity contribution in [3.8, 4) is 0 Å². The van der Waals surface area contributed by atoms with Gasteiger partial charge in [-0.15, -0.1) is 11.6 Å². The van der Waals surface area contributed by atoms with E-state index < -0.39 is 11.9 Å². The predicted octanol–water partition coefficient (Wildman–Crippen LogP) is 3.87. The zero-order valence-electron chi connectivity index (χ0n) is 28.8. The SMILES string of the molecule is Cc1nc(C)n(C)c(=O)c1CCCl.Cc1nc(C)n(C)c(=O)c1CCN1C2CCC1CC(OCC1CCCCC1)C2.O=C(O)C(=O)O.